The Kier molecular flexibility index (Phi) is 9.43. The summed E-state index contributed by atoms with van der Waals surface area (Å²) >= 11 is 0. The predicted molar refractivity (Wildman–Crippen MR) is 96.1 cm³/mol. The van der Waals surface area contributed by atoms with Gasteiger partial charge in [0, 0.05) is 0 Å². The lowest BCUT2D eigenvalue weighted by Gasteiger charge is -2.16. The molecule has 0 aliphatic carbocycles. The molecular weight excluding hydrogens is 275 g/mol. The van der Waals surface area contributed by atoms with Crippen molar-refractivity contribution in [1.82, 2.24) is 4.90 Å². The molecule has 3 heteroatoms. The van der Waals surface area contributed by atoms with Gasteiger partial charge in [-0.25, -0.2) is 4.39 Å². The molecule has 1 unspecified atom stereocenters. The quantitative estimate of drug-likeness (QED) is 0.688. The molecule has 0 aromatic carbocycles. The Morgan fingerprint density at radius 2 is 1.77 bits per heavy atom. The molecule has 0 spiro atoms. The minimum absolute atomic E-state index is 0.164. The molecule has 0 radical (unpaired) electrons. The zero-order chi connectivity index (χ0) is 17.3. The van der Waals surface area contributed by atoms with Crippen LogP contribution in [0.25, 0.3) is 0 Å². The van der Waals surface area contributed by atoms with Gasteiger partial charge < -0.3 is 10.6 Å². The Balaban J connectivity index is 5.69. The molecule has 0 aliphatic rings. The summed E-state index contributed by atoms with van der Waals surface area (Å²) in [7, 11) is 3.64. The summed E-state index contributed by atoms with van der Waals surface area (Å²) in [5, 5.41) is 0. The van der Waals surface area contributed by atoms with Gasteiger partial charge in [-0.2, -0.15) is 0 Å². The lowest BCUT2D eigenvalue weighted by molar-refractivity contribution is 0.397. The fourth-order valence-electron chi connectivity index (χ4n) is 1.93. The molecular formula is C19H31FN2. The van der Waals surface area contributed by atoms with E-state index in [0.29, 0.717) is 0 Å². The standard InChI is InChI=1S/C19H31FN2/c1-8-9-10-11-15(4)17(16(5)14(2)3)12-19(21)18(20)13-22(6)7/h8-12,15H,13,21H2,1-7H3/b9-8-,11-10?,17-12-,19-18+. The maximum absolute atomic E-state index is 14.1. The van der Waals surface area contributed by atoms with Crippen LogP contribution in [-0.2, 0) is 0 Å². The summed E-state index contributed by atoms with van der Waals surface area (Å²) < 4.78 is 14.1. The van der Waals surface area contributed by atoms with Crippen LogP contribution in [0.4, 0.5) is 4.39 Å². The van der Waals surface area contributed by atoms with Gasteiger partial charge in [0.05, 0.1) is 12.2 Å². The summed E-state index contributed by atoms with van der Waals surface area (Å²) in [6.45, 7) is 10.5. The number of allylic oxidation sites excluding steroid dienone is 8. The van der Waals surface area contributed by atoms with Crippen LogP contribution >= 0.6 is 0 Å². The van der Waals surface area contributed by atoms with Crippen LogP contribution in [0.5, 0.6) is 0 Å². The molecule has 0 amide bonds. The highest BCUT2D eigenvalue weighted by atomic mass is 19.1. The smallest absolute Gasteiger partial charge is 0.137 e. The molecule has 0 aromatic heterocycles. The molecule has 0 aromatic rings. The fourth-order valence-corrected chi connectivity index (χ4v) is 1.93. The average molecular weight is 306 g/mol. The van der Waals surface area contributed by atoms with E-state index in [1.807, 2.05) is 39.2 Å². The molecule has 124 valence electrons. The van der Waals surface area contributed by atoms with E-state index in [4.69, 9.17) is 5.73 Å². The summed E-state index contributed by atoms with van der Waals surface area (Å²) in [5.41, 5.74) is 9.55. The van der Waals surface area contributed by atoms with E-state index >= 15 is 0 Å². The van der Waals surface area contributed by atoms with E-state index in [-0.39, 0.29) is 24.0 Å². The number of halogens is 1. The molecule has 0 saturated heterocycles. The van der Waals surface area contributed by atoms with Gasteiger partial charge >= 0.3 is 0 Å². The van der Waals surface area contributed by atoms with Gasteiger partial charge in [-0.3, -0.25) is 0 Å². The first-order chi connectivity index (χ1) is 10.2. The molecule has 1 atom stereocenters. The highest BCUT2D eigenvalue weighted by Crippen LogP contribution is 2.25. The van der Waals surface area contributed by atoms with Crippen molar-refractivity contribution in [1.29, 1.82) is 0 Å². The molecule has 0 saturated carbocycles. The van der Waals surface area contributed by atoms with Crippen molar-refractivity contribution in [2.45, 2.75) is 34.6 Å². The van der Waals surface area contributed by atoms with Crippen molar-refractivity contribution in [3.05, 3.63) is 58.6 Å². The molecule has 0 aliphatic heterocycles. The molecule has 2 nitrogen and oxygen atoms in total. The Morgan fingerprint density at radius 3 is 2.23 bits per heavy atom. The molecule has 0 fully saturated rings. The number of nitrogens with zero attached hydrogens (tertiary/aromatic N) is 1. The van der Waals surface area contributed by atoms with Crippen molar-refractivity contribution in [2.24, 2.45) is 11.7 Å². The maximum Gasteiger partial charge on any atom is 0.137 e. The van der Waals surface area contributed by atoms with Gasteiger partial charge in [-0.1, -0.05) is 36.8 Å². The van der Waals surface area contributed by atoms with E-state index in [0.717, 1.165) is 11.1 Å². The van der Waals surface area contributed by atoms with Gasteiger partial charge in [0.1, 0.15) is 5.83 Å². The summed E-state index contributed by atoms with van der Waals surface area (Å²) in [4.78, 5) is 1.76. The Morgan fingerprint density at radius 1 is 1.18 bits per heavy atom. The van der Waals surface area contributed by atoms with Crippen LogP contribution in [0, 0.1) is 5.92 Å². The van der Waals surface area contributed by atoms with Gasteiger partial charge in [0.25, 0.3) is 0 Å². The number of likely N-dealkylation sites (N-methyl/N-ethyl adjacent to an activating group) is 1. The fraction of sp³-hybridized carbons (Fsp3) is 0.474. The first kappa shape index (κ1) is 20.4. The van der Waals surface area contributed by atoms with E-state index in [2.05, 4.69) is 33.8 Å². The van der Waals surface area contributed by atoms with E-state index < -0.39 is 0 Å². The highest BCUT2D eigenvalue weighted by molar-refractivity contribution is 5.41. The highest BCUT2D eigenvalue weighted by Gasteiger charge is 2.11. The number of hydrogen-bond donors (Lipinski definition) is 1. The molecule has 2 N–H and O–H groups in total. The number of rotatable bonds is 7. The largest absolute Gasteiger partial charge is 0.397 e. The first-order valence-electron chi connectivity index (χ1n) is 7.65. The second-order valence-corrected chi connectivity index (χ2v) is 6.02. The van der Waals surface area contributed by atoms with Crippen LogP contribution in [0.1, 0.15) is 34.6 Å². The minimum Gasteiger partial charge on any atom is -0.397 e. The summed E-state index contributed by atoms with van der Waals surface area (Å²) in [5.74, 6) is -0.134. The minimum atomic E-state index is -0.298. The second-order valence-electron chi connectivity index (χ2n) is 6.02. The first-order valence-corrected chi connectivity index (χ1v) is 7.65. The van der Waals surface area contributed by atoms with Crippen molar-refractivity contribution < 1.29 is 4.39 Å². The summed E-state index contributed by atoms with van der Waals surface area (Å²) in [6, 6.07) is 0. The molecule has 0 bridgehead atoms. The van der Waals surface area contributed by atoms with E-state index in [1.165, 1.54) is 5.57 Å². The zero-order valence-electron chi connectivity index (χ0n) is 15.1. The monoisotopic (exact) mass is 306 g/mol. The van der Waals surface area contributed by atoms with Crippen molar-refractivity contribution in [3.63, 3.8) is 0 Å². The SMILES string of the molecule is C/C=C\C=CC(C)/C(=C/C(N)=C(\F)CN(C)C)C(C)=C(C)C. The Bertz CT molecular complexity index is 502. The normalized spacial score (nSPS) is 15.6. The van der Waals surface area contributed by atoms with Crippen LogP contribution in [0.2, 0.25) is 0 Å². The van der Waals surface area contributed by atoms with Crippen LogP contribution in [-0.4, -0.2) is 25.5 Å². The van der Waals surface area contributed by atoms with E-state index in [1.54, 1.807) is 11.0 Å². The molecule has 0 rings (SSSR count). The number of nitrogens with two attached hydrogens (primary N) is 1. The van der Waals surface area contributed by atoms with Crippen molar-refractivity contribution >= 4 is 0 Å². The maximum atomic E-state index is 14.1. The van der Waals surface area contributed by atoms with Crippen molar-refractivity contribution in [3.8, 4) is 0 Å². The topological polar surface area (TPSA) is 29.3 Å². The van der Waals surface area contributed by atoms with Gasteiger partial charge in [-0.15, -0.1) is 0 Å². The lowest BCUT2D eigenvalue weighted by atomic mass is 9.90. The molecule has 0 heterocycles. The Hall–Kier alpha value is -1.61. The third kappa shape index (κ3) is 7.41. The van der Waals surface area contributed by atoms with Crippen LogP contribution in [0.3, 0.4) is 0 Å². The third-order valence-electron chi connectivity index (χ3n) is 3.46. The predicted octanol–water partition coefficient (Wildman–Crippen LogP) is 4.74. The molecule has 22 heavy (non-hydrogen) atoms. The Labute approximate surface area is 135 Å². The van der Waals surface area contributed by atoms with Gasteiger partial charge in [-0.05, 0) is 64.9 Å². The third-order valence-corrected chi connectivity index (χ3v) is 3.46. The van der Waals surface area contributed by atoms with Crippen LogP contribution in [0.15, 0.2) is 58.6 Å². The lowest BCUT2D eigenvalue weighted by Crippen LogP contribution is -2.16. The van der Waals surface area contributed by atoms with Crippen molar-refractivity contribution in [2.75, 3.05) is 20.6 Å². The average Bonchev–Trinajstić information content (AvgIpc) is 2.42. The zero-order valence-corrected chi connectivity index (χ0v) is 15.1. The summed E-state index contributed by atoms with van der Waals surface area (Å²) in [6.07, 6.45) is 9.83. The van der Waals surface area contributed by atoms with Gasteiger partial charge in [0.15, 0.2) is 0 Å². The van der Waals surface area contributed by atoms with Crippen LogP contribution < -0.4 is 5.73 Å². The number of hydrogen-bond acceptors (Lipinski definition) is 2. The second kappa shape index (κ2) is 10.2. The van der Waals surface area contributed by atoms with E-state index in [9.17, 15) is 4.39 Å². The van der Waals surface area contributed by atoms with Gasteiger partial charge in [0.2, 0.25) is 0 Å².